The fraction of sp³-hybridized carbons (Fsp3) is 0.0500. The Hall–Kier alpha value is -3.27. The predicted molar refractivity (Wildman–Crippen MR) is 97.0 cm³/mol. The lowest BCUT2D eigenvalue weighted by molar-refractivity contribution is 0.259. The zero-order chi connectivity index (χ0) is 16.8. The number of ether oxygens (including phenoxy) is 1. The summed E-state index contributed by atoms with van der Waals surface area (Å²) in [7, 11) is 1.60. The van der Waals surface area contributed by atoms with Crippen molar-refractivity contribution in [3.63, 3.8) is 0 Å². The predicted octanol–water partition coefficient (Wildman–Crippen LogP) is 5.07. The first-order chi connectivity index (χ1) is 11.8. The number of nitrogens with one attached hydrogen (secondary N) is 1. The normalized spacial score (nSPS) is 10.0. The molecule has 24 heavy (non-hydrogen) atoms. The van der Waals surface area contributed by atoms with E-state index in [0.29, 0.717) is 11.4 Å². The van der Waals surface area contributed by atoms with Gasteiger partial charge in [-0.2, -0.15) is 0 Å². The van der Waals surface area contributed by atoms with E-state index in [1.165, 1.54) is 0 Å². The fourth-order valence-corrected chi connectivity index (χ4v) is 2.42. The number of carbonyl (C=O) groups excluding carboxylic acids is 1. The van der Waals surface area contributed by atoms with Gasteiger partial charge in [-0.3, -0.25) is 4.90 Å². The number of amides is 2. The van der Waals surface area contributed by atoms with Crippen molar-refractivity contribution in [2.45, 2.75) is 0 Å². The zero-order valence-corrected chi connectivity index (χ0v) is 13.3. The van der Waals surface area contributed by atoms with Crippen LogP contribution in [0.15, 0.2) is 84.9 Å². The molecule has 0 saturated carbocycles. The van der Waals surface area contributed by atoms with Crippen LogP contribution in [0, 0.1) is 0 Å². The van der Waals surface area contributed by atoms with Crippen LogP contribution in [0.5, 0.6) is 5.75 Å². The van der Waals surface area contributed by atoms with E-state index in [1.54, 1.807) is 18.1 Å². The Bertz CT molecular complexity index is 765. The molecule has 0 aliphatic rings. The number of anilines is 3. The summed E-state index contributed by atoms with van der Waals surface area (Å²) in [5, 5.41) is 2.92. The van der Waals surface area contributed by atoms with Crippen molar-refractivity contribution in [3.05, 3.63) is 84.9 Å². The van der Waals surface area contributed by atoms with Crippen molar-refractivity contribution in [1.82, 2.24) is 0 Å². The van der Waals surface area contributed by atoms with Gasteiger partial charge >= 0.3 is 6.03 Å². The van der Waals surface area contributed by atoms with E-state index in [9.17, 15) is 4.79 Å². The summed E-state index contributed by atoms with van der Waals surface area (Å²) in [6, 6.07) is 26.1. The van der Waals surface area contributed by atoms with Gasteiger partial charge in [0.2, 0.25) is 0 Å². The lowest BCUT2D eigenvalue weighted by Crippen LogP contribution is -2.30. The molecule has 0 aliphatic heterocycles. The van der Waals surface area contributed by atoms with E-state index >= 15 is 0 Å². The highest BCUT2D eigenvalue weighted by molar-refractivity contribution is 6.07. The number of methoxy groups -OCH3 is 1. The summed E-state index contributed by atoms with van der Waals surface area (Å²) in [5.74, 6) is 0.693. The van der Waals surface area contributed by atoms with Crippen molar-refractivity contribution in [3.8, 4) is 5.75 Å². The van der Waals surface area contributed by atoms with E-state index in [-0.39, 0.29) is 6.03 Å². The number of nitrogens with zero attached hydrogens (tertiary/aromatic N) is 1. The molecule has 0 unspecified atom stereocenters. The molecule has 3 aromatic rings. The average Bonchev–Trinajstić information content (AvgIpc) is 2.64. The Morgan fingerprint density at radius 1 is 0.833 bits per heavy atom. The van der Waals surface area contributed by atoms with E-state index in [1.807, 2.05) is 78.9 Å². The molecule has 2 amide bonds. The molecule has 3 aromatic carbocycles. The van der Waals surface area contributed by atoms with Crippen LogP contribution < -0.4 is 15.0 Å². The van der Waals surface area contributed by atoms with Gasteiger partial charge in [0.1, 0.15) is 5.75 Å². The van der Waals surface area contributed by atoms with Gasteiger partial charge in [0, 0.05) is 11.8 Å². The minimum absolute atomic E-state index is 0.236. The Kier molecular flexibility index (Phi) is 4.77. The molecule has 0 atom stereocenters. The molecule has 0 spiro atoms. The van der Waals surface area contributed by atoms with Gasteiger partial charge in [0.15, 0.2) is 0 Å². The second-order valence-corrected chi connectivity index (χ2v) is 5.17. The molecule has 0 fully saturated rings. The molecule has 0 bridgehead atoms. The maximum atomic E-state index is 12.9. The van der Waals surface area contributed by atoms with Crippen LogP contribution in [0.4, 0.5) is 21.9 Å². The molecule has 120 valence electrons. The van der Waals surface area contributed by atoms with Crippen molar-refractivity contribution in [2.75, 3.05) is 17.3 Å². The largest absolute Gasteiger partial charge is 0.497 e. The molecular formula is C20H18N2O2. The number of rotatable bonds is 4. The molecule has 0 aromatic heterocycles. The standard InChI is InChI=1S/C20H18N2O2/c1-24-19-14-8-9-16(15-19)21-20(23)22(17-10-4-2-5-11-17)18-12-6-3-7-13-18/h2-15H,1H3,(H,21,23). The first-order valence-electron chi connectivity index (χ1n) is 7.63. The fourth-order valence-electron chi connectivity index (χ4n) is 2.42. The van der Waals surface area contributed by atoms with Gasteiger partial charge in [-0.1, -0.05) is 42.5 Å². The Morgan fingerprint density at radius 3 is 1.96 bits per heavy atom. The van der Waals surface area contributed by atoms with Crippen LogP contribution in [0.3, 0.4) is 0 Å². The second kappa shape index (κ2) is 7.33. The monoisotopic (exact) mass is 318 g/mol. The number of hydrogen-bond acceptors (Lipinski definition) is 2. The van der Waals surface area contributed by atoms with Gasteiger partial charge in [0.25, 0.3) is 0 Å². The summed E-state index contributed by atoms with van der Waals surface area (Å²) in [5.41, 5.74) is 2.27. The topological polar surface area (TPSA) is 41.6 Å². The first kappa shape index (κ1) is 15.6. The van der Waals surface area contributed by atoms with Crippen LogP contribution in [0.1, 0.15) is 0 Å². The molecule has 4 heteroatoms. The summed E-state index contributed by atoms with van der Waals surface area (Å²) in [6.07, 6.45) is 0. The van der Waals surface area contributed by atoms with Crippen LogP contribution in [-0.2, 0) is 0 Å². The summed E-state index contributed by atoms with van der Waals surface area (Å²) in [6.45, 7) is 0. The molecule has 0 radical (unpaired) electrons. The van der Waals surface area contributed by atoms with Crippen molar-refractivity contribution in [2.24, 2.45) is 0 Å². The number of hydrogen-bond donors (Lipinski definition) is 1. The van der Waals surface area contributed by atoms with Gasteiger partial charge in [-0.15, -0.1) is 0 Å². The maximum absolute atomic E-state index is 12.9. The lowest BCUT2D eigenvalue weighted by atomic mass is 10.2. The van der Waals surface area contributed by atoms with Crippen LogP contribution >= 0.6 is 0 Å². The number of urea groups is 1. The third-order valence-electron chi connectivity index (χ3n) is 3.55. The summed E-state index contributed by atoms with van der Waals surface area (Å²) < 4.78 is 5.20. The lowest BCUT2D eigenvalue weighted by Gasteiger charge is -2.23. The molecule has 3 rings (SSSR count). The maximum Gasteiger partial charge on any atom is 0.330 e. The zero-order valence-electron chi connectivity index (χ0n) is 13.3. The quantitative estimate of drug-likeness (QED) is 0.730. The van der Waals surface area contributed by atoms with Crippen LogP contribution in [0.2, 0.25) is 0 Å². The highest BCUT2D eigenvalue weighted by atomic mass is 16.5. The van der Waals surface area contributed by atoms with Crippen molar-refractivity contribution in [1.29, 1.82) is 0 Å². The van der Waals surface area contributed by atoms with Crippen molar-refractivity contribution >= 4 is 23.1 Å². The van der Waals surface area contributed by atoms with Gasteiger partial charge in [-0.05, 0) is 36.4 Å². The number of carbonyl (C=O) groups is 1. The van der Waals surface area contributed by atoms with E-state index in [0.717, 1.165) is 11.4 Å². The van der Waals surface area contributed by atoms with Gasteiger partial charge in [0.05, 0.1) is 18.5 Å². The van der Waals surface area contributed by atoms with Gasteiger partial charge < -0.3 is 10.1 Å². The SMILES string of the molecule is COc1cccc(NC(=O)N(c2ccccc2)c2ccccc2)c1. The summed E-state index contributed by atoms with van der Waals surface area (Å²) in [4.78, 5) is 14.5. The van der Waals surface area contributed by atoms with Crippen LogP contribution in [-0.4, -0.2) is 13.1 Å². The smallest absolute Gasteiger partial charge is 0.330 e. The van der Waals surface area contributed by atoms with Crippen molar-refractivity contribution < 1.29 is 9.53 Å². The molecular weight excluding hydrogens is 300 g/mol. The Balaban J connectivity index is 1.92. The second-order valence-electron chi connectivity index (χ2n) is 5.17. The Labute approximate surface area is 141 Å². The minimum atomic E-state index is -0.236. The van der Waals surface area contributed by atoms with E-state index in [4.69, 9.17) is 4.74 Å². The Morgan fingerprint density at radius 2 is 1.42 bits per heavy atom. The minimum Gasteiger partial charge on any atom is -0.497 e. The number of para-hydroxylation sites is 2. The highest BCUT2D eigenvalue weighted by Gasteiger charge is 2.17. The van der Waals surface area contributed by atoms with Gasteiger partial charge in [-0.25, -0.2) is 4.79 Å². The highest BCUT2D eigenvalue weighted by Crippen LogP contribution is 2.26. The number of benzene rings is 3. The molecule has 0 heterocycles. The molecule has 4 nitrogen and oxygen atoms in total. The third-order valence-corrected chi connectivity index (χ3v) is 3.55. The molecule has 0 aliphatic carbocycles. The van der Waals surface area contributed by atoms with Crippen LogP contribution in [0.25, 0.3) is 0 Å². The third kappa shape index (κ3) is 3.55. The van der Waals surface area contributed by atoms with E-state index < -0.39 is 0 Å². The van der Waals surface area contributed by atoms with E-state index in [2.05, 4.69) is 5.32 Å². The first-order valence-corrected chi connectivity index (χ1v) is 7.63. The summed E-state index contributed by atoms with van der Waals surface area (Å²) >= 11 is 0. The molecule has 1 N–H and O–H groups in total. The average molecular weight is 318 g/mol. The molecule has 0 saturated heterocycles.